The zero-order valence-electron chi connectivity index (χ0n) is 9.09. The third-order valence-corrected chi connectivity index (χ3v) is 3.69. The average molecular weight is 247 g/mol. The summed E-state index contributed by atoms with van der Waals surface area (Å²) in [5, 5.41) is 3.16. The zero-order chi connectivity index (χ0) is 11.2. The van der Waals surface area contributed by atoms with Gasteiger partial charge in [0.05, 0.1) is 10.2 Å². The normalized spacial score (nSPS) is 12.1. The quantitative estimate of drug-likeness (QED) is 0.734. The van der Waals surface area contributed by atoms with Crippen molar-refractivity contribution in [3.05, 3.63) is 46.8 Å². The molecule has 2 rings (SSSR count). The predicted octanol–water partition coefficient (Wildman–Crippen LogP) is 4.58. The van der Waals surface area contributed by atoms with E-state index in [2.05, 4.69) is 35.5 Å². The van der Waals surface area contributed by atoms with Crippen LogP contribution in [0, 0.1) is 0 Å². The first kappa shape index (κ1) is 11.4. The third kappa shape index (κ3) is 2.97. The minimum Gasteiger partial charge on any atom is -0.237 e. The molecule has 0 aliphatic carbocycles. The van der Waals surface area contributed by atoms with Crippen molar-refractivity contribution < 1.29 is 0 Å². The van der Waals surface area contributed by atoms with Crippen LogP contribution >= 0.6 is 23.1 Å². The lowest BCUT2D eigenvalue weighted by Gasteiger charge is -1.81. The van der Waals surface area contributed by atoms with Gasteiger partial charge in [-0.3, -0.25) is 0 Å². The van der Waals surface area contributed by atoms with E-state index >= 15 is 0 Å². The van der Waals surface area contributed by atoms with Gasteiger partial charge < -0.3 is 0 Å². The highest BCUT2D eigenvalue weighted by atomic mass is 32.2. The van der Waals surface area contributed by atoms with Crippen molar-refractivity contribution in [1.82, 2.24) is 4.98 Å². The third-order valence-electron chi connectivity index (χ3n) is 2.00. The number of allylic oxidation sites excluding steroid dienone is 2. The van der Waals surface area contributed by atoms with E-state index in [1.165, 1.54) is 4.70 Å². The molecule has 0 atom stereocenters. The maximum atomic E-state index is 4.52. The van der Waals surface area contributed by atoms with Crippen molar-refractivity contribution in [2.45, 2.75) is 6.92 Å². The monoisotopic (exact) mass is 247 g/mol. The number of thiazole rings is 1. The van der Waals surface area contributed by atoms with Crippen molar-refractivity contribution in [2.24, 2.45) is 0 Å². The number of benzene rings is 1. The molecular formula is C13H13NS2. The van der Waals surface area contributed by atoms with Gasteiger partial charge in [0.1, 0.15) is 5.01 Å². The minimum atomic E-state index is 1.06. The van der Waals surface area contributed by atoms with E-state index in [0.29, 0.717) is 0 Å². The van der Waals surface area contributed by atoms with Crippen LogP contribution in [0.3, 0.4) is 0 Å². The van der Waals surface area contributed by atoms with Crippen molar-refractivity contribution in [2.75, 3.05) is 5.75 Å². The van der Waals surface area contributed by atoms with Gasteiger partial charge in [0.25, 0.3) is 0 Å². The molecule has 1 nitrogen and oxygen atoms in total. The maximum Gasteiger partial charge on any atom is 0.117 e. The van der Waals surface area contributed by atoms with E-state index in [-0.39, 0.29) is 0 Å². The fourth-order valence-electron chi connectivity index (χ4n) is 1.30. The lowest BCUT2D eigenvalue weighted by molar-refractivity contribution is 1.46. The van der Waals surface area contributed by atoms with Gasteiger partial charge >= 0.3 is 0 Å². The summed E-state index contributed by atoms with van der Waals surface area (Å²) >= 11 is 3.52. The number of nitrogens with zero attached hydrogens (tertiary/aromatic N) is 1. The van der Waals surface area contributed by atoms with E-state index in [4.69, 9.17) is 0 Å². The Morgan fingerprint density at radius 2 is 2.19 bits per heavy atom. The number of hydrogen-bond acceptors (Lipinski definition) is 3. The Balaban J connectivity index is 2.09. The molecule has 0 bridgehead atoms. The molecule has 0 unspecified atom stereocenters. The number of fused-ring (bicyclic) bond motifs is 1. The number of para-hydroxylation sites is 1. The number of rotatable bonds is 4. The molecule has 16 heavy (non-hydrogen) atoms. The topological polar surface area (TPSA) is 12.9 Å². The molecule has 0 amide bonds. The molecular weight excluding hydrogens is 234 g/mol. The lowest BCUT2D eigenvalue weighted by Crippen LogP contribution is -1.67. The Labute approximate surface area is 104 Å². The molecule has 1 aromatic carbocycles. The first-order chi connectivity index (χ1) is 7.90. The summed E-state index contributed by atoms with van der Waals surface area (Å²) in [6.07, 6.45) is 6.15. The summed E-state index contributed by atoms with van der Waals surface area (Å²) in [5.41, 5.74) is 1.08. The Morgan fingerprint density at radius 1 is 1.31 bits per heavy atom. The van der Waals surface area contributed by atoms with Gasteiger partial charge in [-0.15, -0.1) is 23.1 Å². The summed E-state index contributed by atoms with van der Waals surface area (Å²) in [4.78, 5) is 4.52. The molecule has 1 aromatic heterocycles. The Morgan fingerprint density at radius 3 is 3.00 bits per heavy atom. The van der Waals surface area contributed by atoms with Crippen LogP contribution < -0.4 is 0 Å². The summed E-state index contributed by atoms with van der Waals surface area (Å²) in [5.74, 6) is 1.12. The first-order valence-electron chi connectivity index (χ1n) is 5.20. The molecule has 3 heteroatoms. The van der Waals surface area contributed by atoms with Crippen LogP contribution in [0.5, 0.6) is 0 Å². The molecule has 0 fully saturated rings. The van der Waals surface area contributed by atoms with Crippen LogP contribution in [0.4, 0.5) is 0 Å². The predicted molar refractivity (Wildman–Crippen MR) is 75.9 cm³/mol. The van der Waals surface area contributed by atoms with Crippen molar-refractivity contribution in [3.63, 3.8) is 0 Å². The van der Waals surface area contributed by atoms with Crippen LogP contribution in [0.1, 0.15) is 11.9 Å². The van der Waals surface area contributed by atoms with Crippen LogP contribution in [0.25, 0.3) is 16.3 Å². The molecule has 82 valence electrons. The molecule has 2 aromatic rings. The molecule has 1 heterocycles. The molecule has 0 saturated carbocycles. The molecule has 0 spiro atoms. The van der Waals surface area contributed by atoms with Crippen LogP contribution in [0.15, 0.2) is 41.8 Å². The van der Waals surface area contributed by atoms with Crippen molar-refractivity contribution in [1.29, 1.82) is 0 Å². The Kier molecular flexibility index (Phi) is 4.19. The van der Waals surface area contributed by atoms with Gasteiger partial charge in [0, 0.05) is 0 Å². The zero-order valence-corrected chi connectivity index (χ0v) is 10.7. The van der Waals surface area contributed by atoms with Gasteiger partial charge in [0.15, 0.2) is 0 Å². The second kappa shape index (κ2) is 5.87. The summed E-state index contributed by atoms with van der Waals surface area (Å²) in [7, 11) is 0. The van der Waals surface area contributed by atoms with Gasteiger partial charge in [-0.05, 0) is 29.4 Å². The first-order valence-corrected chi connectivity index (χ1v) is 7.07. The summed E-state index contributed by atoms with van der Waals surface area (Å²) in [6, 6.07) is 8.22. The van der Waals surface area contributed by atoms with Gasteiger partial charge in [-0.1, -0.05) is 31.2 Å². The minimum absolute atomic E-state index is 1.06. The van der Waals surface area contributed by atoms with Crippen LogP contribution in [0.2, 0.25) is 0 Å². The number of hydrogen-bond donors (Lipinski definition) is 0. The van der Waals surface area contributed by atoms with E-state index < -0.39 is 0 Å². The van der Waals surface area contributed by atoms with Gasteiger partial charge in [-0.2, -0.15) is 0 Å². The largest absolute Gasteiger partial charge is 0.237 e. The maximum absolute atomic E-state index is 4.52. The van der Waals surface area contributed by atoms with Crippen molar-refractivity contribution in [3.8, 4) is 0 Å². The lowest BCUT2D eigenvalue weighted by atomic mass is 10.3. The van der Waals surface area contributed by atoms with Crippen molar-refractivity contribution >= 4 is 39.4 Å². The summed E-state index contributed by atoms with van der Waals surface area (Å²) < 4.78 is 1.24. The Hall–Kier alpha value is -1.06. The Bertz CT molecular complexity index is 478. The number of thioether (sulfide) groups is 1. The summed E-state index contributed by atoms with van der Waals surface area (Å²) in [6.45, 7) is 2.15. The highest BCUT2D eigenvalue weighted by Crippen LogP contribution is 2.22. The highest BCUT2D eigenvalue weighted by Gasteiger charge is 1.98. The molecule has 0 saturated heterocycles. The highest BCUT2D eigenvalue weighted by molar-refractivity contribution is 8.02. The van der Waals surface area contributed by atoms with E-state index in [1.807, 2.05) is 24.3 Å². The van der Waals surface area contributed by atoms with E-state index in [1.54, 1.807) is 23.1 Å². The van der Waals surface area contributed by atoms with Gasteiger partial charge in [-0.25, -0.2) is 4.98 Å². The SMILES string of the molecule is CCSC=CC=Cc1nc2ccccc2s1. The second-order valence-corrected chi connectivity index (χ2v) is 5.41. The fourth-order valence-corrected chi connectivity index (χ4v) is 2.57. The molecule has 0 radical (unpaired) electrons. The van der Waals surface area contributed by atoms with Gasteiger partial charge in [0.2, 0.25) is 0 Å². The van der Waals surface area contributed by atoms with Crippen LogP contribution in [-0.4, -0.2) is 10.7 Å². The molecule has 0 aliphatic rings. The molecule has 0 N–H and O–H groups in total. The van der Waals surface area contributed by atoms with E-state index in [9.17, 15) is 0 Å². The number of aromatic nitrogens is 1. The fraction of sp³-hybridized carbons (Fsp3) is 0.154. The average Bonchev–Trinajstić information content (AvgIpc) is 2.71. The van der Waals surface area contributed by atoms with E-state index in [0.717, 1.165) is 16.3 Å². The smallest absolute Gasteiger partial charge is 0.117 e. The standard InChI is InChI=1S/C13H13NS2/c1-2-15-10-6-5-9-13-14-11-7-3-4-8-12(11)16-13/h3-10H,2H2,1H3. The molecule has 0 aliphatic heterocycles. The second-order valence-electron chi connectivity index (χ2n) is 3.16. The van der Waals surface area contributed by atoms with Crippen LogP contribution in [-0.2, 0) is 0 Å².